The molecule has 6 heteroatoms. The van der Waals surface area contributed by atoms with Gasteiger partial charge in [-0.15, -0.1) is 0 Å². The van der Waals surface area contributed by atoms with Crippen LogP contribution >= 0.6 is 0 Å². The van der Waals surface area contributed by atoms with Gasteiger partial charge in [-0.05, 0) is 37.8 Å². The molecule has 1 aromatic carbocycles. The van der Waals surface area contributed by atoms with Crippen LogP contribution in [0.2, 0.25) is 0 Å². The highest BCUT2D eigenvalue weighted by Crippen LogP contribution is 2.45. The summed E-state index contributed by atoms with van der Waals surface area (Å²) in [6.45, 7) is 0. The van der Waals surface area contributed by atoms with Crippen LogP contribution in [-0.4, -0.2) is 19.8 Å². The lowest BCUT2D eigenvalue weighted by atomic mass is 9.80. The molecule has 20 heavy (non-hydrogen) atoms. The van der Waals surface area contributed by atoms with Crippen molar-refractivity contribution >= 4 is 10.8 Å². The van der Waals surface area contributed by atoms with Gasteiger partial charge in [0.2, 0.25) is 0 Å². The lowest BCUT2D eigenvalue weighted by Gasteiger charge is -2.43. The van der Waals surface area contributed by atoms with Gasteiger partial charge in [0, 0.05) is 21.3 Å². The molecule has 0 amide bonds. The fourth-order valence-corrected chi connectivity index (χ4v) is 5.66. The highest BCUT2D eigenvalue weighted by Gasteiger charge is 2.48. The summed E-state index contributed by atoms with van der Waals surface area (Å²) in [5, 5.41) is 10.1. The van der Waals surface area contributed by atoms with Crippen LogP contribution in [0.25, 0.3) is 0 Å². The minimum atomic E-state index is -1.76. The van der Waals surface area contributed by atoms with E-state index < -0.39 is 39.4 Å². The molecular formula is C14H15F3O2S. The maximum Gasteiger partial charge on any atom is 0.167 e. The van der Waals surface area contributed by atoms with Crippen LogP contribution < -0.4 is 0 Å². The molecular weight excluding hydrogens is 289 g/mol. The molecule has 2 nitrogen and oxygen atoms in total. The normalized spacial score (nSPS) is 36.9. The first-order valence-electron chi connectivity index (χ1n) is 6.68. The maximum atomic E-state index is 13.9. The Morgan fingerprint density at radius 2 is 1.65 bits per heavy atom. The number of benzene rings is 1. The molecule has 2 aliphatic heterocycles. The quantitative estimate of drug-likeness (QED) is 0.810. The van der Waals surface area contributed by atoms with Crippen molar-refractivity contribution in [3.8, 4) is 0 Å². The van der Waals surface area contributed by atoms with Crippen molar-refractivity contribution in [2.24, 2.45) is 0 Å². The van der Waals surface area contributed by atoms with Crippen molar-refractivity contribution in [1.29, 1.82) is 0 Å². The predicted molar refractivity (Wildman–Crippen MR) is 69.0 cm³/mol. The van der Waals surface area contributed by atoms with Gasteiger partial charge in [0.05, 0.1) is 11.2 Å². The summed E-state index contributed by atoms with van der Waals surface area (Å²) >= 11 is 0. The zero-order chi connectivity index (χ0) is 14.5. The Hall–Kier alpha value is -0.880. The van der Waals surface area contributed by atoms with E-state index in [1.807, 2.05) is 0 Å². The number of aliphatic hydroxyl groups is 1. The molecule has 0 saturated carbocycles. The summed E-state index contributed by atoms with van der Waals surface area (Å²) in [6.07, 6.45) is 2.29. The summed E-state index contributed by atoms with van der Waals surface area (Å²) in [4.78, 5) is 0. The standard InChI is InChI=1S/C14H15F3O2S/c15-10-4-5-11(16)13(17)12(10)14(18)6-8-2-1-3-9(7-14)20(8)19/h4-5,8-9,18H,1-3,6-7H2. The third-order valence-corrected chi connectivity index (χ3v) is 6.47. The van der Waals surface area contributed by atoms with Gasteiger partial charge >= 0.3 is 0 Å². The first kappa shape index (κ1) is 14.1. The van der Waals surface area contributed by atoms with E-state index in [0.717, 1.165) is 12.5 Å². The average Bonchev–Trinajstić information content (AvgIpc) is 2.37. The summed E-state index contributed by atoms with van der Waals surface area (Å²) in [5.41, 5.74) is -2.37. The smallest absolute Gasteiger partial charge is 0.167 e. The predicted octanol–water partition coefficient (Wildman–Crippen LogP) is 2.76. The molecule has 1 aromatic rings. The molecule has 2 bridgehead atoms. The summed E-state index contributed by atoms with van der Waals surface area (Å²) < 4.78 is 53.2. The van der Waals surface area contributed by atoms with Crippen LogP contribution in [0.3, 0.4) is 0 Å². The van der Waals surface area contributed by atoms with E-state index in [9.17, 15) is 22.5 Å². The average molecular weight is 304 g/mol. The van der Waals surface area contributed by atoms with E-state index in [2.05, 4.69) is 0 Å². The molecule has 2 atom stereocenters. The number of hydrogen-bond acceptors (Lipinski definition) is 2. The Morgan fingerprint density at radius 1 is 1.10 bits per heavy atom. The van der Waals surface area contributed by atoms with E-state index in [0.29, 0.717) is 18.9 Å². The largest absolute Gasteiger partial charge is 0.385 e. The highest BCUT2D eigenvalue weighted by molar-refractivity contribution is 7.86. The highest BCUT2D eigenvalue weighted by atomic mass is 32.2. The SMILES string of the molecule is O=S1C2CCCC1CC(O)(c1c(F)ccc(F)c1F)C2. The van der Waals surface area contributed by atoms with Crippen LogP contribution in [0.4, 0.5) is 13.2 Å². The third-order valence-electron chi connectivity index (χ3n) is 4.35. The van der Waals surface area contributed by atoms with Crippen molar-refractivity contribution in [1.82, 2.24) is 0 Å². The molecule has 2 fully saturated rings. The molecule has 2 saturated heterocycles. The molecule has 0 aliphatic carbocycles. The van der Waals surface area contributed by atoms with Gasteiger partial charge in [0.25, 0.3) is 0 Å². The fraction of sp³-hybridized carbons (Fsp3) is 0.571. The second-order valence-electron chi connectivity index (χ2n) is 5.66. The molecule has 0 radical (unpaired) electrons. The fourth-order valence-electron chi connectivity index (χ4n) is 3.44. The van der Waals surface area contributed by atoms with Crippen molar-refractivity contribution in [3.63, 3.8) is 0 Å². The van der Waals surface area contributed by atoms with Crippen LogP contribution in [0.5, 0.6) is 0 Å². The van der Waals surface area contributed by atoms with Crippen molar-refractivity contribution in [3.05, 3.63) is 35.1 Å². The number of hydrogen-bond donors (Lipinski definition) is 1. The van der Waals surface area contributed by atoms with Gasteiger partial charge in [0.1, 0.15) is 5.82 Å². The first-order chi connectivity index (χ1) is 9.42. The summed E-state index contributed by atoms with van der Waals surface area (Å²) in [6, 6.07) is 1.53. The van der Waals surface area contributed by atoms with Gasteiger partial charge in [-0.1, -0.05) is 6.42 Å². The van der Waals surface area contributed by atoms with Gasteiger partial charge in [-0.3, -0.25) is 4.21 Å². The third kappa shape index (κ3) is 2.09. The molecule has 0 spiro atoms. The van der Waals surface area contributed by atoms with Crippen LogP contribution in [0, 0.1) is 17.5 Å². The number of halogens is 3. The molecule has 2 heterocycles. The van der Waals surface area contributed by atoms with Crippen molar-refractivity contribution < 1.29 is 22.5 Å². The Balaban J connectivity index is 2.06. The van der Waals surface area contributed by atoms with E-state index in [-0.39, 0.29) is 23.3 Å². The zero-order valence-electron chi connectivity index (χ0n) is 10.7. The summed E-state index contributed by atoms with van der Waals surface area (Å²) in [5.74, 6) is -3.46. The minimum absolute atomic E-state index is 0.0212. The van der Waals surface area contributed by atoms with E-state index >= 15 is 0 Å². The Morgan fingerprint density at radius 3 is 2.25 bits per heavy atom. The lowest BCUT2D eigenvalue weighted by molar-refractivity contribution is -0.000606. The van der Waals surface area contributed by atoms with Crippen LogP contribution in [-0.2, 0) is 16.4 Å². The van der Waals surface area contributed by atoms with E-state index in [1.165, 1.54) is 0 Å². The topological polar surface area (TPSA) is 37.3 Å². The monoisotopic (exact) mass is 304 g/mol. The Bertz CT molecular complexity index is 560. The van der Waals surface area contributed by atoms with Gasteiger partial charge < -0.3 is 5.11 Å². The minimum Gasteiger partial charge on any atom is -0.385 e. The van der Waals surface area contributed by atoms with Crippen LogP contribution in [0.15, 0.2) is 12.1 Å². The second kappa shape index (κ2) is 4.84. The summed E-state index contributed by atoms with van der Waals surface area (Å²) in [7, 11) is -1.07. The van der Waals surface area contributed by atoms with E-state index in [4.69, 9.17) is 0 Å². The van der Waals surface area contributed by atoms with Crippen molar-refractivity contribution in [2.75, 3.05) is 0 Å². The molecule has 3 rings (SSSR count). The van der Waals surface area contributed by atoms with Crippen molar-refractivity contribution in [2.45, 2.75) is 48.2 Å². The molecule has 110 valence electrons. The molecule has 1 N–H and O–H groups in total. The Kier molecular flexibility index (Phi) is 3.41. The molecule has 2 aliphatic rings. The second-order valence-corrected chi connectivity index (χ2v) is 7.65. The van der Waals surface area contributed by atoms with Gasteiger partial charge in [0.15, 0.2) is 11.6 Å². The zero-order valence-corrected chi connectivity index (χ0v) is 11.6. The van der Waals surface area contributed by atoms with E-state index in [1.54, 1.807) is 0 Å². The Labute approximate surface area is 117 Å². The first-order valence-corrected chi connectivity index (χ1v) is 7.96. The molecule has 0 aromatic heterocycles. The number of rotatable bonds is 1. The van der Waals surface area contributed by atoms with Crippen LogP contribution in [0.1, 0.15) is 37.7 Å². The molecule has 2 unspecified atom stereocenters. The number of fused-ring (bicyclic) bond motifs is 2. The van der Waals surface area contributed by atoms with Gasteiger partial charge in [-0.25, -0.2) is 13.2 Å². The lowest BCUT2D eigenvalue weighted by Crippen LogP contribution is -2.48. The van der Waals surface area contributed by atoms with Gasteiger partial charge in [-0.2, -0.15) is 0 Å². The maximum absolute atomic E-state index is 13.9.